The van der Waals surface area contributed by atoms with Crippen molar-refractivity contribution in [3.8, 4) is 0 Å². The topological polar surface area (TPSA) is 55.8 Å². The van der Waals surface area contributed by atoms with E-state index in [4.69, 9.17) is 9.47 Å². The second kappa shape index (κ2) is 7.42. The third kappa shape index (κ3) is 4.94. The molecule has 6 heteroatoms. The number of ether oxygens (including phenoxy) is 2. The van der Waals surface area contributed by atoms with E-state index in [9.17, 15) is 14.0 Å². The van der Waals surface area contributed by atoms with Crippen LogP contribution in [0.2, 0.25) is 0 Å². The smallest absolute Gasteiger partial charge is 0.410 e. The lowest BCUT2D eigenvalue weighted by Gasteiger charge is -2.36. The molecule has 0 saturated carbocycles. The van der Waals surface area contributed by atoms with E-state index in [-0.39, 0.29) is 12.5 Å². The summed E-state index contributed by atoms with van der Waals surface area (Å²) in [5, 5.41) is 0. The van der Waals surface area contributed by atoms with Gasteiger partial charge in [0.2, 0.25) is 0 Å². The molecule has 1 aromatic rings. The molecule has 5 nitrogen and oxygen atoms in total. The molecule has 138 valence electrons. The van der Waals surface area contributed by atoms with Crippen molar-refractivity contribution in [3.63, 3.8) is 0 Å². The van der Waals surface area contributed by atoms with Crippen LogP contribution in [-0.4, -0.2) is 48.9 Å². The number of hydrogen-bond donors (Lipinski definition) is 0. The highest BCUT2D eigenvalue weighted by Gasteiger charge is 2.33. The average molecular weight is 351 g/mol. The Balaban J connectivity index is 2.19. The summed E-state index contributed by atoms with van der Waals surface area (Å²) in [4.78, 5) is 25.3. The molecule has 0 aliphatic carbocycles. The number of nitrogens with zero attached hydrogens (tertiary/aromatic N) is 1. The van der Waals surface area contributed by atoms with Gasteiger partial charge in [-0.3, -0.25) is 0 Å². The van der Waals surface area contributed by atoms with Gasteiger partial charge in [-0.1, -0.05) is 6.07 Å². The maximum absolute atomic E-state index is 14.2. The second-order valence-electron chi connectivity index (χ2n) is 7.48. The molecule has 2 unspecified atom stereocenters. The van der Waals surface area contributed by atoms with E-state index in [1.807, 2.05) is 13.0 Å². The van der Waals surface area contributed by atoms with E-state index < -0.39 is 23.8 Å². The van der Waals surface area contributed by atoms with E-state index in [0.29, 0.717) is 18.5 Å². The molecule has 1 fully saturated rings. The van der Waals surface area contributed by atoms with Crippen molar-refractivity contribution >= 4 is 12.1 Å². The second-order valence-corrected chi connectivity index (χ2v) is 7.48. The zero-order chi connectivity index (χ0) is 18.8. The van der Waals surface area contributed by atoms with Crippen LogP contribution in [0.15, 0.2) is 18.2 Å². The zero-order valence-corrected chi connectivity index (χ0v) is 15.5. The van der Waals surface area contributed by atoms with Gasteiger partial charge in [0.15, 0.2) is 0 Å². The summed E-state index contributed by atoms with van der Waals surface area (Å²) in [6, 6.07) is 5.23. The number of likely N-dealkylation sites (tertiary alicyclic amines) is 1. The van der Waals surface area contributed by atoms with Crippen LogP contribution in [0.25, 0.3) is 0 Å². The predicted octanol–water partition coefficient (Wildman–Crippen LogP) is 3.84. The third-order valence-corrected chi connectivity index (χ3v) is 4.18. The number of halogens is 1. The molecule has 0 spiro atoms. The molecule has 2 atom stereocenters. The highest BCUT2D eigenvalue weighted by atomic mass is 19.1. The maximum Gasteiger partial charge on any atom is 0.410 e. The van der Waals surface area contributed by atoms with Crippen molar-refractivity contribution in [2.24, 2.45) is 0 Å². The van der Waals surface area contributed by atoms with Crippen LogP contribution >= 0.6 is 0 Å². The first kappa shape index (κ1) is 19.2. The Labute approximate surface area is 148 Å². The number of alkyl halides is 1. The Hall–Kier alpha value is -2.11. The van der Waals surface area contributed by atoms with Crippen molar-refractivity contribution in [3.05, 3.63) is 34.9 Å². The number of methoxy groups -OCH3 is 1. The number of carbonyl (C=O) groups is 2. The van der Waals surface area contributed by atoms with Crippen molar-refractivity contribution in [1.29, 1.82) is 0 Å². The minimum Gasteiger partial charge on any atom is -0.465 e. The SMILES string of the molecule is COC(=O)c1ccc(C2CC(F)CN(C(=O)OC(C)(C)C)C2)c(C)c1. The fraction of sp³-hybridized carbons (Fsp3) is 0.579. The number of piperidine rings is 1. The molecule has 0 radical (unpaired) electrons. The van der Waals surface area contributed by atoms with E-state index in [2.05, 4.69) is 0 Å². The van der Waals surface area contributed by atoms with Crippen LogP contribution in [0.5, 0.6) is 0 Å². The van der Waals surface area contributed by atoms with Gasteiger partial charge in [0.1, 0.15) is 11.8 Å². The Morgan fingerprint density at radius 1 is 1.24 bits per heavy atom. The molecule has 1 heterocycles. The summed E-state index contributed by atoms with van der Waals surface area (Å²) in [6.45, 7) is 7.68. The lowest BCUT2D eigenvalue weighted by molar-refractivity contribution is 0.0111. The summed E-state index contributed by atoms with van der Waals surface area (Å²) in [7, 11) is 1.33. The summed E-state index contributed by atoms with van der Waals surface area (Å²) in [6.07, 6.45) is -1.26. The van der Waals surface area contributed by atoms with Crippen LogP contribution in [0.3, 0.4) is 0 Å². The molecule has 1 saturated heterocycles. The first-order valence-electron chi connectivity index (χ1n) is 8.41. The Morgan fingerprint density at radius 2 is 1.92 bits per heavy atom. The van der Waals surface area contributed by atoms with Gasteiger partial charge in [0.05, 0.1) is 19.2 Å². The van der Waals surface area contributed by atoms with Crippen molar-refractivity contribution in [2.45, 2.75) is 51.8 Å². The van der Waals surface area contributed by atoms with Crippen LogP contribution in [0, 0.1) is 6.92 Å². The third-order valence-electron chi connectivity index (χ3n) is 4.18. The Morgan fingerprint density at radius 3 is 2.48 bits per heavy atom. The molecule has 0 bridgehead atoms. The quantitative estimate of drug-likeness (QED) is 0.760. The molecule has 1 aliphatic rings. The van der Waals surface area contributed by atoms with Crippen LogP contribution in [-0.2, 0) is 9.47 Å². The fourth-order valence-corrected chi connectivity index (χ4v) is 3.12. The van der Waals surface area contributed by atoms with E-state index in [0.717, 1.165) is 11.1 Å². The van der Waals surface area contributed by atoms with Gasteiger partial charge in [-0.25, -0.2) is 14.0 Å². The van der Waals surface area contributed by atoms with Gasteiger partial charge in [0.25, 0.3) is 0 Å². The van der Waals surface area contributed by atoms with E-state index in [1.165, 1.54) is 12.0 Å². The molecule has 25 heavy (non-hydrogen) atoms. The summed E-state index contributed by atoms with van der Waals surface area (Å²) in [5.74, 6) is -0.542. The standard InChI is InChI=1S/C19H26FNO4/c1-12-8-13(17(22)24-5)6-7-16(12)14-9-15(20)11-21(10-14)18(23)25-19(2,3)4/h6-8,14-15H,9-11H2,1-5H3. The van der Waals surface area contributed by atoms with Gasteiger partial charge in [-0.2, -0.15) is 0 Å². The lowest BCUT2D eigenvalue weighted by atomic mass is 9.86. The van der Waals surface area contributed by atoms with Crippen molar-refractivity contribution in [1.82, 2.24) is 4.90 Å². The van der Waals surface area contributed by atoms with Gasteiger partial charge in [-0.05, 0) is 57.4 Å². The largest absolute Gasteiger partial charge is 0.465 e. The van der Waals surface area contributed by atoms with Crippen molar-refractivity contribution in [2.75, 3.05) is 20.2 Å². The first-order chi connectivity index (χ1) is 11.6. The molecule has 0 aromatic heterocycles. The molecule has 1 aliphatic heterocycles. The summed E-state index contributed by atoms with van der Waals surface area (Å²) >= 11 is 0. The fourth-order valence-electron chi connectivity index (χ4n) is 3.12. The number of benzene rings is 1. The molecule has 1 aromatic carbocycles. The first-order valence-corrected chi connectivity index (χ1v) is 8.41. The van der Waals surface area contributed by atoms with Gasteiger partial charge >= 0.3 is 12.1 Å². The van der Waals surface area contributed by atoms with E-state index >= 15 is 0 Å². The summed E-state index contributed by atoms with van der Waals surface area (Å²) in [5.41, 5.74) is 1.66. The van der Waals surface area contributed by atoms with Crippen molar-refractivity contribution < 1.29 is 23.5 Å². The number of hydrogen-bond acceptors (Lipinski definition) is 4. The molecule has 1 amide bonds. The van der Waals surface area contributed by atoms with Crippen LogP contribution in [0.4, 0.5) is 9.18 Å². The lowest BCUT2D eigenvalue weighted by Crippen LogP contribution is -2.46. The number of aryl methyl sites for hydroxylation is 1. The number of amides is 1. The predicted molar refractivity (Wildman–Crippen MR) is 92.6 cm³/mol. The van der Waals surface area contributed by atoms with Crippen LogP contribution < -0.4 is 0 Å². The summed E-state index contributed by atoms with van der Waals surface area (Å²) < 4.78 is 24.3. The monoisotopic (exact) mass is 351 g/mol. The Bertz CT molecular complexity index is 653. The minimum absolute atomic E-state index is 0.0463. The number of esters is 1. The van der Waals surface area contributed by atoms with Gasteiger partial charge in [0, 0.05) is 12.5 Å². The average Bonchev–Trinajstić information content (AvgIpc) is 2.51. The molecular weight excluding hydrogens is 325 g/mol. The van der Waals surface area contributed by atoms with Crippen LogP contribution in [0.1, 0.15) is 54.6 Å². The van der Waals surface area contributed by atoms with E-state index in [1.54, 1.807) is 32.9 Å². The highest BCUT2D eigenvalue weighted by molar-refractivity contribution is 5.89. The number of rotatable bonds is 2. The number of carbonyl (C=O) groups excluding carboxylic acids is 2. The molecule has 0 N–H and O–H groups in total. The Kier molecular flexibility index (Phi) is 5.70. The molecule has 2 rings (SSSR count). The highest BCUT2D eigenvalue weighted by Crippen LogP contribution is 2.31. The molecular formula is C19H26FNO4. The van der Waals surface area contributed by atoms with Gasteiger partial charge in [-0.15, -0.1) is 0 Å². The van der Waals surface area contributed by atoms with Gasteiger partial charge < -0.3 is 14.4 Å². The zero-order valence-electron chi connectivity index (χ0n) is 15.5. The minimum atomic E-state index is -1.11. The normalized spacial score (nSPS) is 21.0. The maximum atomic E-state index is 14.2.